The number of nitrogens with one attached hydrogen (secondary N) is 1. The molecule has 1 atom stereocenters. The number of rotatable bonds is 8. The average molecular weight is 235 g/mol. The van der Waals surface area contributed by atoms with Crippen molar-refractivity contribution in [1.29, 1.82) is 0 Å². The maximum Gasteiger partial charge on any atom is 0.120 e. The van der Waals surface area contributed by atoms with Crippen molar-refractivity contribution < 1.29 is 9.47 Å². The van der Waals surface area contributed by atoms with E-state index < -0.39 is 0 Å². The van der Waals surface area contributed by atoms with E-state index in [9.17, 15) is 0 Å². The molecule has 0 spiro atoms. The third kappa shape index (κ3) is 5.52. The Morgan fingerprint density at radius 1 is 1.35 bits per heavy atom. The molecule has 1 rings (SSSR count). The Morgan fingerprint density at radius 2 is 2.06 bits per heavy atom. The lowest BCUT2D eigenvalue weighted by molar-refractivity contribution is 0.199. The minimum absolute atomic E-state index is 0.0423. The van der Waals surface area contributed by atoms with Gasteiger partial charge in [0.15, 0.2) is 0 Å². The van der Waals surface area contributed by atoms with Crippen molar-refractivity contribution in [2.24, 2.45) is 0 Å². The maximum absolute atomic E-state index is 5.60. The van der Waals surface area contributed by atoms with E-state index >= 15 is 0 Å². The zero-order valence-corrected chi connectivity index (χ0v) is 10.6. The first-order valence-corrected chi connectivity index (χ1v) is 5.84. The molecule has 0 aliphatic heterocycles. The van der Waals surface area contributed by atoms with Crippen LogP contribution in [0.25, 0.3) is 0 Å². The Balaban J connectivity index is 2.36. The third-order valence-electron chi connectivity index (χ3n) is 2.39. The zero-order valence-electron chi connectivity index (χ0n) is 10.6. The number of benzene rings is 1. The fraction of sp³-hybridized carbons (Fsp3) is 0.429. The van der Waals surface area contributed by atoms with Gasteiger partial charge in [-0.2, -0.15) is 0 Å². The number of hydrogen-bond acceptors (Lipinski definition) is 3. The van der Waals surface area contributed by atoms with Crippen LogP contribution in [0.15, 0.2) is 36.9 Å². The maximum atomic E-state index is 5.60. The molecule has 0 saturated heterocycles. The highest BCUT2D eigenvalue weighted by atomic mass is 16.5. The normalized spacial score (nSPS) is 12.1. The Morgan fingerprint density at radius 3 is 2.65 bits per heavy atom. The fourth-order valence-corrected chi connectivity index (χ4v) is 1.36. The predicted octanol–water partition coefficient (Wildman–Crippen LogP) is 2.38. The van der Waals surface area contributed by atoms with Gasteiger partial charge in [-0.1, -0.05) is 24.8 Å². The predicted molar refractivity (Wildman–Crippen MR) is 70.3 cm³/mol. The van der Waals surface area contributed by atoms with Gasteiger partial charge < -0.3 is 14.8 Å². The van der Waals surface area contributed by atoms with Crippen LogP contribution in [0, 0.1) is 0 Å². The molecule has 1 unspecified atom stereocenters. The van der Waals surface area contributed by atoms with Crippen molar-refractivity contribution in [2.75, 3.05) is 20.3 Å². The molecule has 0 radical (unpaired) electrons. The van der Waals surface area contributed by atoms with E-state index in [2.05, 4.69) is 24.0 Å². The summed E-state index contributed by atoms with van der Waals surface area (Å²) in [5, 5.41) is 3.29. The number of methoxy groups -OCH3 is 1. The van der Waals surface area contributed by atoms with E-state index in [1.54, 1.807) is 13.2 Å². The molecule has 0 bridgehead atoms. The van der Waals surface area contributed by atoms with Crippen LogP contribution in [0.1, 0.15) is 12.5 Å². The smallest absolute Gasteiger partial charge is 0.120 e. The van der Waals surface area contributed by atoms with Crippen LogP contribution in [0.2, 0.25) is 0 Å². The van der Waals surface area contributed by atoms with E-state index in [4.69, 9.17) is 9.47 Å². The molecule has 0 saturated carbocycles. The molecule has 1 aromatic rings. The number of hydrogen-bond donors (Lipinski definition) is 1. The molecule has 3 heteroatoms. The van der Waals surface area contributed by atoms with Crippen LogP contribution in [-0.2, 0) is 11.3 Å². The van der Waals surface area contributed by atoms with E-state index in [1.807, 2.05) is 19.1 Å². The highest BCUT2D eigenvalue weighted by Gasteiger charge is 1.99. The van der Waals surface area contributed by atoms with Crippen molar-refractivity contribution in [2.45, 2.75) is 19.6 Å². The SMILES string of the molecule is C=CC(C)Oc1ccc(CNCCOC)cc1. The average Bonchev–Trinajstić information content (AvgIpc) is 2.36. The van der Waals surface area contributed by atoms with E-state index in [-0.39, 0.29) is 6.10 Å². The van der Waals surface area contributed by atoms with Gasteiger partial charge in [-0.05, 0) is 24.6 Å². The van der Waals surface area contributed by atoms with Crippen LogP contribution in [-0.4, -0.2) is 26.4 Å². The van der Waals surface area contributed by atoms with Gasteiger partial charge in [-0.3, -0.25) is 0 Å². The van der Waals surface area contributed by atoms with E-state index in [0.717, 1.165) is 25.4 Å². The third-order valence-corrected chi connectivity index (χ3v) is 2.39. The second-order valence-corrected chi connectivity index (χ2v) is 3.87. The summed E-state index contributed by atoms with van der Waals surface area (Å²) in [6.07, 6.45) is 1.82. The fourth-order valence-electron chi connectivity index (χ4n) is 1.36. The van der Waals surface area contributed by atoms with Crippen LogP contribution >= 0.6 is 0 Å². The lowest BCUT2D eigenvalue weighted by Crippen LogP contribution is -2.18. The van der Waals surface area contributed by atoms with Crippen LogP contribution < -0.4 is 10.1 Å². The van der Waals surface area contributed by atoms with Crippen molar-refractivity contribution >= 4 is 0 Å². The monoisotopic (exact) mass is 235 g/mol. The summed E-state index contributed by atoms with van der Waals surface area (Å²) in [6, 6.07) is 8.08. The van der Waals surface area contributed by atoms with Gasteiger partial charge in [0.2, 0.25) is 0 Å². The Bertz CT molecular complexity index is 321. The largest absolute Gasteiger partial charge is 0.487 e. The van der Waals surface area contributed by atoms with Crippen LogP contribution in [0.3, 0.4) is 0 Å². The highest BCUT2D eigenvalue weighted by Crippen LogP contribution is 2.13. The standard InChI is InChI=1S/C14H21NO2/c1-4-12(2)17-14-7-5-13(6-8-14)11-15-9-10-16-3/h4-8,12,15H,1,9-11H2,2-3H3. The molecule has 0 aromatic heterocycles. The van der Waals surface area contributed by atoms with Gasteiger partial charge >= 0.3 is 0 Å². The molecular formula is C14H21NO2. The quantitative estimate of drug-likeness (QED) is 0.554. The number of ether oxygens (including phenoxy) is 2. The first-order valence-electron chi connectivity index (χ1n) is 5.84. The summed E-state index contributed by atoms with van der Waals surface area (Å²) < 4.78 is 10.6. The lowest BCUT2D eigenvalue weighted by atomic mass is 10.2. The van der Waals surface area contributed by atoms with Gasteiger partial charge in [-0.25, -0.2) is 0 Å². The molecular weight excluding hydrogens is 214 g/mol. The van der Waals surface area contributed by atoms with Gasteiger partial charge in [0, 0.05) is 20.2 Å². The summed E-state index contributed by atoms with van der Waals surface area (Å²) in [6.45, 7) is 8.10. The van der Waals surface area contributed by atoms with Gasteiger partial charge in [0.05, 0.1) is 6.61 Å². The lowest BCUT2D eigenvalue weighted by Gasteiger charge is -2.11. The summed E-state index contributed by atoms with van der Waals surface area (Å²) >= 11 is 0. The molecule has 0 aliphatic carbocycles. The molecule has 0 aliphatic rings. The molecule has 17 heavy (non-hydrogen) atoms. The zero-order chi connectivity index (χ0) is 12.5. The Labute approximate surface area is 103 Å². The van der Waals surface area contributed by atoms with Gasteiger partial charge in [-0.15, -0.1) is 0 Å². The molecule has 1 aromatic carbocycles. The molecule has 0 fully saturated rings. The molecule has 1 N–H and O–H groups in total. The van der Waals surface area contributed by atoms with E-state index in [0.29, 0.717) is 0 Å². The topological polar surface area (TPSA) is 30.5 Å². The Kier molecular flexibility index (Phi) is 6.37. The van der Waals surface area contributed by atoms with Crippen LogP contribution in [0.4, 0.5) is 0 Å². The molecule has 0 heterocycles. The van der Waals surface area contributed by atoms with E-state index in [1.165, 1.54) is 5.56 Å². The molecule has 0 amide bonds. The van der Waals surface area contributed by atoms with Crippen molar-refractivity contribution in [1.82, 2.24) is 5.32 Å². The summed E-state index contributed by atoms with van der Waals surface area (Å²) in [7, 11) is 1.70. The highest BCUT2D eigenvalue weighted by molar-refractivity contribution is 5.27. The summed E-state index contributed by atoms with van der Waals surface area (Å²) in [5.41, 5.74) is 1.24. The van der Waals surface area contributed by atoms with Crippen LogP contribution in [0.5, 0.6) is 5.75 Å². The van der Waals surface area contributed by atoms with Gasteiger partial charge in [0.25, 0.3) is 0 Å². The second kappa shape index (κ2) is 7.87. The Hall–Kier alpha value is -1.32. The molecule has 94 valence electrons. The minimum atomic E-state index is 0.0423. The first kappa shape index (κ1) is 13.7. The minimum Gasteiger partial charge on any atom is -0.487 e. The van der Waals surface area contributed by atoms with Crippen molar-refractivity contribution in [3.63, 3.8) is 0 Å². The van der Waals surface area contributed by atoms with Gasteiger partial charge in [0.1, 0.15) is 11.9 Å². The second-order valence-electron chi connectivity index (χ2n) is 3.87. The summed E-state index contributed by atoms with van der Waals surface area (Å²) in [5.74, 6) is 0.873. The van der Waals surface area contributed by atoms with Crippen molar-refractivity contribution in [3.8, 4) is 5.75 Å². The van der Waals surface area contributed by atoms with Crippen molar-refractivity contribution in [3.05, 3.63) is 42.5 Å². The first-order chi connectivity index (χ1) is 8.26. The molecule has 3 nitrogen and oxygen atoms in total. The summed E-state index contributed by atoms with van der Waals surface area (Å²) in [4.78, 5) is 0.